The van der Waals surface area contributed by atoms with E-state index in [0.29, 0.717) is 22.2 Å². The van der Waals surface area contributed by atoms with Crippen molar-refractivity contribution in [1.29, 1.82) is 0 Å². The van der Waals surface area contributed by atoms with Gasteiger partial charge in [-0.05, 0) is 71.8 Å². The maximum absolute atomic E-state index is 13.5. The summed E-state index contributed by atoms with van der Waals surface area (Å²) in [6.07, 6.45) is -0.144. The van der Waals surface area contributed by atoms with Gasteiger partial charge in [-0.2, -0.15) is 5.10 Å². The SMILES string of the molecule is O=C(Nc1ccc(Cl)cc1)N1CC(c2ccc(F)cc2)C(c2ccc(OCC3CC3(F)F)cc2)=N1. The average Bonchev–Trinajstić information content (AvgIpc) is 3.24. The normalized spacial score (nSPS) is 20.3. The highest BCUT2D eigenvalue weighted by atomic mass is 35.5. The number of rotatable bonds is 6. The summed E-state index contributed by atoms with van der Waals surface area (Å²) in [5.74, 6) is -3.53. The minimum Gasteiger partial charge on any atom is -0.493 e. The fourth-order valence-corrected chi connectivity index (χ4v) is 4.06. The van der Waals surface area contributed by atoms with Crippen LogP contribution in [-0.4, -0.2) is 35.8 Å². The van der Waals surface area contributed by atoms with E-state index in [2.05, 4.69) is 10.4 Å². The fraction of sp³-hybridized carbons (Fsp3) is 0.231. The molecule has 5 nitrogen and oxygen atoms in total. The molecular weight excluding hydrogens is 479 g/mol. The van der Waals surface area contributed by atoms with Crippen LogP contribution < -0.4 is 10.1 Å². The predicted octanol–water partition coefficient (Wildman–Crippen LogP) is 6.55. The summed E-state index contributed by atoms with van der Waals surface area (Å²) in [4.78, 5) is 12.9. The van der Waals surface area contributed by atoms with Crippen LogP contribution in [0.2, 0.25) is 5.02 Å². The highest BCUT2D eigenvalue weighted by Crippen LogP contribution is 2.48. The van der Waals surface area contributed by atoms with Crippen molar-refractivity contribution in [1.82, 2.24) is 5.01 Å². The van der Waals surface area contributed by atoms with Gasteiger partial charge in [-0.25, -0.2) is 23.0 Å². The zero-order valence-electron chi connectivity index (χ0n) is 18.4. The molecule has 3 aromatic carbocycles. The van der Waals surface area contributed by atoms with Gasteiger partial charge >= 0.3 is 6.03 Å². The van der Waals surface area contributed by atoms with E-state index >= 15 is 0 Å². The molecular formula is C26H21ClF3N3O2. The first-order valence-corrected chi connectivity index (χ1v) is 11.5. The van der Waals surface area contributed by atoms with Crippen LogP contribution in [0.25, 0.3) is 0 Å². The standard InChI is InChI=1S/C26H21ClF3N3O2/c27-19-5-9-21(10-6-19)31-25(34)33-14-23(16-1-7-20(28)8-2-16)24(32-33)17-3-11-22(12-4-17)35-15-18-13-26(18,29)30/h1-12,18,23H,13-15H2,(H,31,34). The van der Waals surface area contributed by atoms with E-state index in [4.69, 9.17) is 16.3 Å². The molecule has 2 atom stereocenters. The number of hydrogen-bond donors (Lipinski definition) is 1. The number of hydrazone groups is 1. The highest BCUT2D eigenvalue weighted by molar-refractivity contribution is 6.30. The number of ether oxygens (including phenoxy) is 1. The Morgan fingerprint density at radius 1 is 1.06 bits per heavy atom. The van der Waals surface area contributed by atoms with Crippen LogP contribution in [0.3, 0.4) is 0 Å². The van der Waals surface area contributed by atoms with Gasteiger partial charge in [0.15, 0.2) is 0 Å². The van der Waals surface area contributed by atoms with Gasteiger partial charge in [0.2, 0.25) is 0 Å². The van der Waals surface area contributed by atoms with Crippen LogP contribution in [0.4, 0.5) is 23.7 Å². The van der Waals surface area contributed by atoms with E-state index in [1.165, 1.54) is 17.1 Å². The fourth-order valence-electron chi connectivity index (χ4n) is 3.94. The second-order valence-electron chi connectivity index (χ2n) is 8.61. The first kappa shape index (κ1) is 23.2. The van der Waals surface area contributed by atoms with Crippen molar-refractivity contribution in [2.45, 2.75) is 18.3 Å². The number of halogens is 4. The molecule has 1 heterocycles. The van der Waals surface area contributed by atoms with E-state index in [1.54, 1.807) is 60.7 Å². The average molecular weight is 500 g/mol. The number of benzene rings is 3. The summed E-state index contributed by atoms with van der Waals surface area (Å²) >= 11 is 5.91. The van der Waals surface area contributed by atoms with E-state index in [0.717, 1.165) is 11.1 Å². The van der Waals surface area contributed by atoms with E-state index in [9.17, 15) is 18.0 Å². The Morgan fingerprint density at radius 2 is 1.71 bits per heavy atom. The maximum Gasteiger partial charge on any atom is 0.342 e. The zero-order chi connectivity index (χ0) is 24.6. The zero-order valence-corrected chi connectivity index (χ0v) is 19.2. The monoisotopic (exact) mass is 499 g/mol. The number of carbonyl (C=O) groups is 1. The van der Waals surface area contributed by atoms with Crippen LogP contribution in [0.1, 0.15) is 23.5 Å². The molecule has 1 aliphatic carbocycles. The minimum atomic E-state index is -2.63. The van der Waals surface area contributed by atoms with Gasteiger partial charge in [0, 0.05) is 23.0 Å². The second kappa shape index (κ2) is 9.26. The third kappa shape index (κ3) is 5.27. The number of urea groups is 1. The summed E-state index contributed by atoms with van der Waals surface area (Å²) in [7, 11) is 0. The van der Waals surface area contributed by atoms with Crippen molar-refractivity contribution >= 4 is 29.0 Å². The smallest absolute Gasteiger partial charge is 0.342 e. The molecule has 0 saturated heterocycles. The summed E-state index contributed by atoms with van der Waals surface area (Å²) in [6, 6.07) is 19.3. The van der Waals surface area contributed by atoms with E-state index in [1.807, 2.05) is 0 Å². The van der Waals surface area contributed by atoms with Crippen LogP contribution >= 0.6 is 11.6 Å². The maximum atomic E-state index is 13.5. The molecule has 5 rings (SSSR count). The topological polar surface area (TPSA) is 53.9 Å². The lowest BCUT2D eigenvalue weighted by molar-refractivity contribution is 0.0856. The first-order chi connectivity index (χ1) is 16.8. The Labute approximate surface area is 205 Å². The van der Waals surface area contributed by atoms with E-state index in [-0.39, 0.29) is 31.3 Å². The van der Waals surface area contributed by atoms with E-state index < -0.39 is 17.9 Å². The molecule has 1 fully saturated rings. The predicted molar refractivity (Wildman–Crippen MR) is 128 cm³/mol. The van der Waals surface area contributed by atoms with Crippen molar-refractivity contribution in [3.8, 4) is 5.75 Å². The molecule has 2 aliphatic rings. The Hall–Kier alpha value is -3.52. The third-order valence-electron chi connectivity index (χ3n) is 6.07. The number of amides is 2. The molecule has 1 N–H and O–H groups in total. The molecule has 0 aromatic heterocycles. The van der Waals surface area contributed by atoms with Crippen LogP contribution in [0, 0.1) is 11.7 Å². The van der Waals surface area contributed by atoms with Crippen LogP contribution in [-0.2, 0) is 0 Å². The highest BCUT2D eigenvalue weighted by Gasteiger charge is 2.57. The second-order valence-corrected chi connectivity index (χ2v) is 9.04. The van der Waals surface area contributed by atoms with Gasteiger partial charge in [-0.15, -0.1) is 0 Å². The van der Waals surface area contributed by atoms with Crippen LogP contribution in [0.15, 0.2) is 77.9 Å². The largest absolute Gasteiger partial charge is 0.493 e. The molecule has 1 aliphatic heterocycles. The Balaban J connectivity index is 1.35. The van der Waals surface area contributed by atoms with Gasteiger partial charge in [0.1, 0.15) is 11.6 Å². The molecule has 0 radical (unpaired) electrons. The number of alkyl halides is 2. The molecule has 180 valence electrons. The lowest BCUT2D eigenvalue weighted by Gasteiger charge is -2.16. The lowest BCUT2D eigenvalue weighted by atomic mass is 9.90. The molecule has 0 spiro atoms. The van der Waals surface area contributed by atoms with Gasteiger partial charge in [0.25, 0.3) is 5.92 Å². The number of carbonyl (C=O) groups excluding carboxylic acids is 1. The quantitative estimate of drug-likeness (QED) is 0.418. The summed E-state index contributed by atoms with van der Waals surface area (Å²) in [6.45, 7) is 0.222. The molecule has 3 aromatic rings. The Morgan fingerprint density at radius 3 is 2.34 bits per heavy atom. The summed E-state index contributed by atoms with van der Waals surface area (Å²) in [5.41, 5.74) is 2.75. The number of hydrogen-bond acceptors (Lipinski definition) is 3. The van der Waals surface area contributed by atoms with Gasteiger partial charge < -0.3 is 10.1 Å². The number of nitrogens with zero attached hydrogens (tertiary/aromatic N) is 2. The number of anilines is 1. The molecule has 2 amide bonds. The summed E-state index contributed by atoms with van der Waals surface area (Å²) < 4.78 is 45.2. The molecule has 1 saturated carbocycles. The van der Waals surface area contributed by atoms with Crippen molar-refractivity contribution in [2.75, 3.05) is 18.5 Å². The van der Waals surface area contributed by atoms with Crippen molar-refractivity contribution in [2.24, 2.45) is 11.0 Å². The van der Waals surface area contributed by atoms with Gasteiger partial charge in [-0.1, -0.05) is 23.7 Å². The van der Waals surface area contributed by atoms with Gasteiger partial charge in [0.05, 0.1) is 24.8 Å². The Kier molecular flexibility index (Phi) is 6.15. The van der Waals surface area contributed by atoms with Crippen molar-refractivity contribution < 1.29 is 22.7 Å². The first-order valence-electron chi connectivity index (χ1n) is 11.1. The van der Waals surface area contributed by atoms with Gasteiger partial charge in [-0.3, -0.25) is 0 Å². The molecule has 0 bridgehead atoms. The molecule has 2 unspecified atom stereocenters. The van der Waals surface area contributed by atoms with Crippen LogP contribution in [0.5, 0.6) is 5.75 Å². The van der Waals surface area contributed by atoms with Crippen molar-refractivity contribution in [3.63, 3.8) is 0 Å². The third-order valence-corrected chi connectivity index (χ3v) is 6.33. The summed E-state index contributed by atoms with van der Waals surface area (Å²) in [5, 5.41) is 9.24. The molecule has 9 heteroatoms. The lowest BCUT2D eigenvalue weighted by Crippen LogP contribution is -2.30. The molecule has 35 heavy (non-hydrogen) atoms. The minimum absolute atomic E-state index is 0.0376. The Bertz CT molecular complexity index is 1250. The van der Waals surface area contributed by atoms with Crippen molar-refractivity contribution in [3.05, 3.63) is 94.8 Å². The number of nitrogens with one attached hydrogen (secondary N) is 1.